The monoisotopic (exact) mass is 361 g/mol. The average molecular weight is 362 g/mol. The normalized spacial score (nSPS) is 11.3. The molecule has 152 valence electrons. The first-order valence-corrected chi connectivity index (χ1v) is 10.5. The van der Waals surface area contributed by atoms with Crippen LogP contribution in [-0.4, -0.2) is 64.4 Å². The summed E-state index contributed by atoms with van der Waals surface area (Å²) < 4.78 is 15.9. The minimum absolute atomic E-state index is 0.0647. The maximum absolute atomic E-state index is 8.53. The minimum Gasteiger partial charge on any atom is -0.394 e. The van der Waals surface area contributed by atoms with Crippen molar-refractivity contribution in [1.29, 1.82) is 0 Å². The quantitative estimate of drug-likeness (QED) is 0.289. The Morgan fingerprint density at radius 3 is 1.60 bits per heavy atom. The molecule has 0 radical (unpaired) electrons. The maximum atomic E-state index is 8.53. The van der Waals surface area contributed by atoms with Crippen molar-refractivity contribution in [3.8, 4) is 0 Å². The van der Waals surface area contributed by atoms with Gasteiger partial charge in [-0.25, -0.2) is 0 Å². The summed E-state index contributed by atoms with van der Waals surface area (Å²) in [5, 5.41) is 12.0. The molecule has 0 aliphatic carbocycles. The molecule has 5 nitrogen and oxygen atoms in total. The fraction of sp³-hybridized carbons (Fsp3) is 1.00. The van der Waals surface area contributed by atoms with Crippen LogP contribution >= 0.6 is 0 Å². The number of aliphatic hydroxyl groups is 1. The zero-order valence-electron chi connectivity index (χ0n) is 16.6. The van der Waals surface area contributed by atoms with Crippen LogP contribution in [0.25, 0.3) is 0 Å². The van der Waals surface area contributed by atoms with Crippen molar-refractivity contribution in [2.24, 2.45) is 0 Å². The maximum Gasteiger partial charge on any atom is 0.0701 e. The number of hydrogen-bond donors (Lipinski definition) is 2. The van der Waals surface area contributed by atoms with Crippen LogP contribution in [0, 0.1) is 0 Å². The van der Waals surface area contributed by atoms with Crippen molar-refractivity contribution >= 4 is 0 Å². The molecular formula is C20H43NO4. The molecule has 0 saturated heterocycles. The van der Waals surface area contributed by atoms with Gasteiger partial charge in [-0.15, -0.1) is 0 Å². The van der Waals surface area contributed by atoms with Gasteiger partial charge in [-0.1, -0.05) is 64.7 Å². The van der Waals surface area contributed by atoms with E-state index in [4.69, 9.17) is 19.3 Å². The van der Waals surface area contributed by atoms with Crippen molar-refractivity contribution in [2.75, 3.05) is 59.3 Å². The van der Waals surface area contributed by atoms with Gasteiger partial charge < -0.3 is 24.6 Å². The summed E-state index contributed by atoms with van der Waals surface area (Å²) in [6.45, 7) is 7.77. The summed E-state index contributed by atoms with van der Waals surface area (Å²) in [4.78, 5) is 0. The van der Waals surface area contributed by atoms with Crippen LogP contribution < -0.4 is 5.32 Å². The van der Waals surface area contributed by atoms with Crippen LogP contribution in [0.15, 0.2) is 0 Å². The van der Waals surface area contributed by atoms with Crippen molar-refractivity contribution in [2.45, 2.75) is 71.1 Å². The molecule has 0 amide bonds. The van der Waals surface area contributed by atoms with E-state index in [9.17, 15) is 0 Å². The lowest BCUT2D eigenvalue weighted by Crippen LogP contribution is -2.21. The lowest BCUT2D eigenvalue weighted by molar-refractivity contribution is 0.00822. The molecule has 0 aliphatic rings. The number of unbranched alkanes of at least 4 members (excludes halogenated alkanes) is 9. The molecule has 5 heteroatoms. The van der Waals surface area contributed by atoms with Gasteiger partial charge in [0.25, 0.3) is 0 Å². The molecule has 0 bridgehead atoms. The van der Waals surface area contributed by atoms with Gasteiger partial charge in [0.05, 0.1) is 46.2 Å². The molecule has 0 aliphatic heterocycles. The highest BCUT2D eigenvalue weighted by molar-refractivity contribution is 4.50. The van der Waals surface area contributed by atoms with Crippen LogP contribution in [0.3, 0.4) is 0 Å². The van der Waals surface area contributed by atoms with Gasteiger partial charge in [-0.2, -0.15) is 0 Å². The van der Waals surface area contributed by atoms with Gasteiger partial charge in [-0.05, 0) is 13.0 Å². The fourth-order valence-electron chi connectivity index (χ4n) is 2.61. The van der Waals surface area contributed by atoms with Crippen LogP contribution in [0.2, 0.25) is 0 Å². The van der Waals surface area contributed by atoms with Crippen LogP contribution in [0.4, 0.5) is 0 Å². The molecule has 0 fully saturated rings. The highest BCUT2D eigenvalue weighted by Crippen LogP contribution is 2.10. The van der Waals surface area contributed by atoms with E-state index in [0.717, 1.165) is 19.7 Å². The molecule has 25 heavy (non-hydrogen) atoms. The van der Waals surface area contributed by atoms with E-state index in [1.165, 1.54) is 64.2 Å². The lowest BCUT2D eigenvalue weighted by atomic mass is 10.1. The summed E-state index contributed by atoms with van der Waals surface area (Å²) in [6, 6.07) is 0. The second-order valence-electron chi connectivity index (χ2n) is 6.49. The first-order chi connectivity index (χ1) is 12.4. The SMILES string of the molecule is CCCCCCCCCCCCNCCOCCOCCOCCO. The standard InChI is InChI=1S/C20H43NO4/c1-2-3-4-5-6-7-8-9-10-11-12-21-13-15-23-17-19-25-20-18-24-16-14-22/h21-22H,2-20H2,1H3. The third-order valence-corrected chi connectivity index (χ3v) is 4.11. The van der Waals surface area contributed by atoms with Crippen molar-refractivity contribution in [3.63, 3.8) is 0 Å². The first-order valence-electron chi connectivity index (χ1n) is 10.5. The predicted octanol–water partition coefficient (Wildman–Crippen LogP) is 3.54. The molecule has 2 N–H and O–H groups in total. The Labute approximate surface area is 155 Å². The van der Waals surface area contributed by atoms with Crippen molar-refractivity contribution in [3.05, 3.63) is 0 Å². The Balaban J connectivity index is 2.94. The molecule has 0 aromatic carbocycles. The topological polar surface area (TPSA) is 60.0 Å². The summed E-state index contributed by atoms with van der Waals surface area (Å²) >= 11 is 0. The minimum atomic E-state index is 0.0647. The molecular weight excluding hydrogens is 318 g/mol. The van der Waals surface area contributed by atoms with E-state index < -0.39 is 0 Å². The summed E-state index contributed by atoms with van der Waals surface area (Å²) in [5.41, 5.74) is 0. The summed E-state index contributed by atoms with van der Waals surface area (Å²) in [5.74, 6) is 0. The van der Waals surface area contributed by atoms with Crippen LogP contribution in [0.1, 0.15) is 71.1 Å². The van der Waals surface area contributed by atoms with Crippen molar-refractivity contribution < 1.29 is 19.3 Å². The van der Waals surface area contributed by atoms with Gasteiger partial charge in [0, 0.05) is 6.54 Å². The second-order valence-corrected chi connectivity index (χ2v) is 6.49. The third kappa shape index (κ3) is 23.8. The Morgan fingerprint density at radius 1 is 0.560 bits per heavy atom. The zero-order chi connectivity index (χ0) is 18.3. The average Bonchev–Trinajstić information content (AvgIpc) is 2.63. The lowest BCUT2D eigenvalue weighted by Gasteiger charge is -2.07. The molecule has 0 rings (SSSR count). The smallest absolute Gasteiger partial charge is 0.0701 e. The third-order valence-electron chi connectivity index (χ3n) is 4.11. The number of nitrogens with one attached hydrogen (secondary N) is 1. The highest BCUT2D eigenvalue weighted by atomic mass is 16.5. The van der Waals surface area contributed by atoms with Gasteiger partial charge in [-0.3, -0.25) is 0 Å². The predicted molar refractivity (Wildman–Crippen MR) is 104 cm³/mol. The molecule has 0 unspecified atom stereocenters. The summed E-state index contributed by atoms with van der Waals surface area (Å²) in [6.07, 6.45) is 13.8. The Morgan fingerprint density at radius 2 is 1.04 bits per heavy atom. The van der Waals surface area contributed by atoms with Gasteiger partial charge >= 0.3 is 0 Å². The molecule has 0 heterocycles. The first kappa shape index (κ1) is 24.8. The van der Waals surface area contributed by atoms with Gasteiger partial charge in [0.15, 0.2) is 0 Å². The number of rotatable bonds is 22. The zero-order valence-corrected chi connectivity index (χ0v) is 16.6. The van der Waals surface area contributed by atoms with E-state index in [1.54, 1.807) is 0 Å². The summed E-state index contributed by atoms with van der Waals surface area (Å²) in [7, 11) is 0. The van der Waals surface area contributed by atoms with E-state index >= 15 is 0 Å². The molecule has 0 spiro atoms. The van der Waals surface area contributed by atoms with Gasteiger partial charge in [0.1, 0.15) is 0 Å². The molecule has 0 atom stereocenters. The Hall–Kier alpha value is -0.200. The molecule has 0 saturated carbocycles. The van der Waals surface area contributed by atoms with E-state index in [2.05, 4.69) is 12.2 Å². The second kappa shape index (κ2) is 23.8. The molecule has 0 aromatic heterocycles. The Bertz CT molecular complexity index is 208. The van der Waals surface area contributed by atoms with Crippen molar-refractivity contribution in [1.82, 2.24) is 5.32 Å². The highest BCUT2D eigenvalue weighted by Gasteiger charge is 1.94. The number of hydrogen-bond acceptors (Lipinski definition) is 5. The van der Waals surface area contributed by atoms with E-state index in [-0.39, 0.29) is 6.61 Å². The van der Waals surface area contributed by atoms with Crippen LogP contribution in [-0.2, 0) is 14.2 Å². The van der Waals surface area contributed by atoms with E-state index in [1.807, 2.05) is 0 Å². The van der Waals surface area contributed by atoms with E-state index in [0.29, 0.717) is 33.0 Å². The van der Waals surface area contributed by atoms with Gasteiger partial charge in [0.2, 0.25) is 0 Å². The number of ether oxygens (including phenoxy) is 3. The fourth-order valence-corrected chi connectivity index (χ4v) is 2.61. The Kier molecular flexibility index (Phi) is 23.6. The largest absolute Gasteiger partial charge is 0.394 e. The van der Waals surface area contributed by atoms with Crippen LogP contribution in [0.5, 0.6) is 0 Å². The number of aliphatic hydroxyl groups excluding tert-OH is 1. The molecule has 0 aromatic rings.